The van der Waals surface area contributed by atoms with E-state index in [1.165, 1.54) is 23.6 Å². The normalized spacial score (nSPS) is 12.0. The van der Waals surface area contributed by atoms with Crippen molar-refractivity contribution in [2.45, 2.75) is 6.92 Å². The average Bonchev–Trinajstić information content (AvgIpc) is 2.97. The lowest BCUT2D eigenvalue weighted by atomic mass is 10.1. The maximum atomic E-state index is 12.4. The molecule has 23 heavy (non-hydrogen) atoms. The quantitative estimate of drug-likeness (QED) is 0.568. The summed E-state index contributed by atoms with van der Waals surface area (Å²) >= 11 is 6.19. The van der Waals surface area contributed by atoms with E-state index in [0.29, 0.717) is 24.3 Å². The lowest BCUT2D eigenvalue weighted by Crippen LogP contribution is -2.38. The number of amides is 1. The molecule has 0 spiro atoms. The summed E-state index contributed by atoms with van der Waals surface area (Å²) in [5, 5.41) is 4.36. The summed E-state index contributed by atoms with van der Waals surface area (Å²) in [6, 6.07) is 3.59. The lowest BCUT2D eigenvalue weighted by Gasteiger charge is -2.22. The van der Waals surface area contributed by atoms with Gasteiger partial charge in [-0.15, -0.1) is 0 Å². The standard InChI is InChI=1S/C15H17ClN4O3/c1-11(10-21)15(22)19(6-7-23-2)13-9-20(18-14(13)16)12-4-3-5-17-8-12/h3-5,8-11H,6-7H2,1-2H3. The first kappa shape index (κ1) is 17.1. The highest BCUT2D eigenvalue weighted by Crippen LogP contribution is 2.27. The summed E-state index contributed by atoms with van der Waals surface area (Å²) in [5.74, 6) is -1.13. The second-order valence-corrected chi connectivity index (χ2v) is 5.23. The molecule has 0 aliphatic heterocycles. The Bertz CT molecular complexity index is 675. The number of carbonyl (C=O) groups excluding carboxylic acids is 2. The van der Waals surface area contributed by atoms with Crippen LogP contribution >= 0.6 is 11.6 Å². The summed E-state index contributed by atoms with van der Waals surface area (Å²) < 4.78 is 6.56. The van der Waals surface area contributed by atoms with E-state index in [4.69, 9.17) is 16.3 Å². The Morgan fingerprint density at radius 2 is 2.35 bits per heavy atom. The first-order chi connectivity index (χ1) is 11.1. The zero-order valence-corrected chi connectivity index (χ0v) is 13.6. The van der Waals surface area contributed by atoms with Crippen molar-refractivity contribution in [1.82, 2.24) is 14.8 Å². The molecule has 2 heterocycles. The van der Waals surface area contributed by atoms with Crippen molar-refractivity contribution >= 4 is 29.5 Å². The summed E-state index contributed by atoms with van der Waals surface area (Å²) in [5.41, 5.74) is 1.13. The minimum absolute atomic E-state index is 0.163. The molecule has 0 aliphatic carbocycles. The number of nitrogens with zero attached hydrogens (tertiary/aromatic N) is 4. The number of anilines is 1. The smallest absolute Gasteiger partial charge is 0.237 e. The van der Waals surface area contributed by atoms with Crippen LogP contribution in [-0.4, -0.2) is 47.2 Å². The molecular formula is C15H17ClN4O3. The van der Waals surface area contributed by atoms with Crippen molar-refractivity contribution in [3.63, 3.8) is 0 Å². The molecule has 0 saturated carbocycles. The highest BCUT2D eigenvalue weighted by atomic mass is 35.5. The third-order valence-electron chi connectivity index (χ3n) is 3.23. The monoisotopic (exact) mass is 336 g/mol. The number of rotatable bonds is 7. The second kappa shape index (κ2) is 7.85. The number of aromatic nitrogens is 3. The van der Waals surface area contributed by atoms with Crippen LogP contribution in [0.1, 0.15) is 6.92 Å². The highest BCUT2D eigenvalue weighted by Gasteiger charge is 2.25. The van der Waals surface area contributed by atoms with Crippen LogP contribution < -0.4 is 4.90 Å². The summed E-state index contributed by atoms with van der Waals surface area (Å²) in [6.07, 6.45) is 5.50. The van der Waals surface area contributed by atoms with E-state index in [1.807, 2.05) is 6.07 Å². The third-order valence-corrected chi connectivity index (χ3v) is 3.50. The fourth-order valence-electron chi connectivity index (χ4n) is 1.98. The third kappa shape index (κ3) is 3.94. The van der Waals surface area contributed by atoms with Gasteiger partial charge in [-0.2, -0.15) is 5.10 Å². The number of aldehydes is 1. The number of hydrogen-bond acceptors (Lipinski definition) is 5. The van der Waals surface area contributed by atoms with E-state index in [0.717, 1.165) is 0 Å². The molecule has 0 saturated heterocycles. The van der Waals surface area contributed by atoms with E-state index in [9.17, 15) is 9.59 Å². The molecular weight excluding hydrogens is 320 g/mol. The van der Waals surface area contributed by atoms with Crippen molar-refractivity contribution in [2.75, 3.05) is 25.2 Å². The first-order valence-corrected chi connectivity index (χ1v) is 7.37. The molecule has 0 aromatic carbocycles. The Kier molecular flexibility index (Phi) is 5.84. The van der Waals surface area contributed by atoms with Gasteiger partial charge in [0.15, 0.2) is 5.15 Å². The Morgan fingerprint density at radius 1 is 1.57 bits per heavy atom. The maximum Gasteiger partial charge on any atom is 0.237 e. The number of ether oxygens (including phenoxy) is 1. The van der Waals surface area contributed by atoms with Crippen LogP contribution in [0, 0.1) is 5.92 Å². The minimum atomic E-state index is -0.773. The molecule has 1 amide bonds. The highest BCUT2D eigenvalue weighted by molar-refractivity contribution is 6.32. The van der Waals surface area contributed by atoms with E-state index in [1.54, 1.807) is 24.7 Å². The summed E-state index contributed by atoms with van der Waals surface area (Å²) in [4.78, 5) is 28.8. The van der Waals surface area contributed by atoms with E-state index in [-0.39, 0.29) is 17.6 Å². The molecule has 2 aromatic rings. The predicted octanol–water partition coefficient (Wildman–Crippen LogP) is 1.74. The number of methoxy groups -OCH3 is 1. The molecule has 8 heteroatoms. The molecule has 0 N–H and O–H groups in total. The van der Waals surface area contributed by atoms with Crippen LogP contribution in [-0.2, 0) is 14.3 Å². The second-order valence-electron chi connectivity index (χ2n) is 4.87. The van der Waals surface area contributed by atoms with Crippen LogP contribution in [0.5, 0.6) is 0 Å². The zero-order chi connectivity index (χ0) is 16.8. The molecule has 0 radical (unpaired) electrons. The molecule has 1 unspecified atom stereocenters. The van der Waals surface area contributed by atoms with Gasteiger partial charge in [-0.25, -0.2) is 4.68 Å². The molecule has 2 aromatic heterocycles. The molecule has 2 rings (SSSR count). The van der Waals surface area contributed by atoms with Gasteiger partial charge in [0.05, 0.1) is 30.6 Å². The average molecular weight is 337 g/mol. The van der Waals surface area contributed by atoms with Crippen LogP contribution in [0.15, 0.2) is 30.7 Å². The number of pyridine rings is 1. The Hall–Kier alpha value is -2.25. The molecule has 122 valence electrons. The minimum Gasteiger partial charge on any atom is -0.383 e. The maximum absolute atomic E-state index is 12.4. The van der Waals surface area contributed by atoms with Crippen molar-refractivity contribution in [3.05, 3.63) is 35.9 Å². The van der Waals surface area contributed by atoms with Crippen LogP contribution in [0.4, 0.5) is 5.69 Å². The zero-order valence-electron chi connectivity index (χ0n) is 12.8. The number of halogens is 1. The van der Waals surface area contributed by atoms with Gasteiger partial charge in [0, 0.05) is 19.9 Å². The number of carbonyl (C=O) groups is 2. The van der Waals surface area contributed by atoms with Crippen molar-refractivity contribution in [1.29, 1.82) is 0 Å². The van der Waals surface area contributed by atoms with Crippen LogP contribution in [0.2, 0.25) is 5.15 Å². The van der Waals surface area contributed by atoms with Gasteiger partial charge >= 0.3 is 0 Å². The number of hydrogen-bond donors (Lipinski definition) is 0. The molecule has 7 nitrogen and oxygen atoms in total. The largest absolute Gasteiger partial charge is 0.383 e. The van der Waals surface area contributed by atoms with Gasteiger partial charge in [-0.05, 0) is 19.1 Å². The lowest BCUT2D eigenvalue weighted by molar-refractivity contribution is -0.126. The van der Waals surface area contributed by atoms with E-state index < -0.39 is 5.92 Å². The molecule has 0 bridgehead atoms. The SMILES string of the molecule is COCCN(C(=O)C(C)C=O)c1cn(-c2cccnc2)nc1Cl. The van der Waals surface area contributed by atoms with Gasteiger partial charge in [-0.3, -0.25) is 9.78 Å². The molecule has 0 aliphatic rings. The topological polar surface area (TPSA) is 77.3 Å². The predicted molar refractivity (Wildman–Crippen MR) is 85.8 cm³/mol. The van der Waals surface area contributed by atoms with Gasteiger partial charge in [0.1, 0.15) is 12.0 Å². The first-order valence-electron chi connectivity index (χ1n) is 6.99. The van der Waals surface area contributed by atoms with Gasteiger partial charge in [0.2, 0.25) is 5.91 Å². The van der Waals surface area contributed by atoms with Crippen molar-refractivity contribution in [3.8, 4) is 5.69 Å². The van der Waals surface area contributed by atoms with Crippen molar-refractivity contribution < 1.29 is 14.3 Å². The van der Waals surface area contributed by atoms with Crippen LogP contribution in [0.3, 0.4) is 0 Å². The van der Waals surface area contributed by atoms with E-state index >= 15 is 0 Å². The Balaban J connectivity index is 2.37. The van der Waals surface area contributed by atoms with Gasteiger partial charge in [-0.1, -0.05) is 11.6 Å². The van der Waals surface area contributed by atoms with Gasteiger partial charge in [0.25, 0.3) is 0 Å². The van der Waals surface area contributed by atoms with Crippen LogP contribution in [0.25, 0.3) is 5.69 Å². The fraction of sp³-hybridized carbons (Fsp3) is 0.333. The van der Waals surface area contributed by atoms with E-state index in [2.05, 4.69) is 10.1 Å². The fourth-order valence-corrected chi connectivity index (χ4v) is 2.21. The van der Waals surface area contributed by atoms with Gasteiger partial charge < -0.3 is 14.4 Å². The summed E-state index contributed by atoms with van der Waals surface area (Å²) in [7, 11) is 1.53. The Labute approximate surface area is 138 Å². The molecule has 1 atom stereocenters. The summed E-state index contributed by atoms with van der Waals surface area (Å²) in [6.45, 7) is 2.12. The molecule has 0 fully saturated rings. The van der Waals surface area contributed by atoms with Crippen molar-refractivity contribution in [2.24, 2.45) is 5.92 Å². The Morgan fingerprint density at radius 3 is 2.96 bits per heavy atom.